The fraction of sp³-hybridized carbons (Fsp3) is 0.154. The van der Waals surface area contributed by atoms with Crippen LogP contribution in [0.1, 0.15) is 6.92 Å². The first-order valence-corrected chi connectivity index (χ1v) is 5.63. The Kier molecular flexibility index (Phi) is 2.33. The highest BCUT2D eigenvalue weighted by molar-refractivity contribution is 5.59. The SMILES string of the molecule is CCNc1ccc2nc(-c3ccco3)cn2c1. The quantitative estimate of drug-likeness (QED) is 0.747. The van der Waals surface area contributed by atoms with Gasteiger partial charge in [0.25, 0.3) is 0 Å². The molecule has 0 aromatic carbocycles. The van der Waals surface area contributed by atoms with E-state index in [2.05, 4.69) is 17.2 Å². The van der Waals surface area contributed by atoms with Crippen molar-refractivity contribution >= 4 is 11.3 Å². The lowest BCUT2D eigenvalue weighted by Gasteiger charge is -2.02. The van der Waals surface area contributed by atoms with Crippen LogP contribution in [-0.4, -0.2) is 15.9 Å². The molecule has 1 N–H and O–H groups in total. The van der Waals surface area contributed by atoms with E-state index in [1.807, 2.05) is 41.1 Å². The summed E-state index contributed by atoms with van der Waals surface area (Å²) in [4.78, 5) is 4.50. The number of furan rings is 1. The van der Waals surface area contributed by atoms with Gasteiger partial charge in [0, 0.05) is 18.9 Å². The van der Waals surface area contributed by atoms with Gasteiger partial charge in [0.2, 0.25) is 0 Å². The van der Waals surface area contributed by atoms with Gasteiger partial charge in [-0.25, -0.2) is 4.98 Å². The largest absolute Gasteiger partial charge is 0.463 e. The third-order valence-corrected chi connectivity index (χ3v) is 2.61. The van der Waals surface area contributed by atoms with Crippen molar-refractivity contribution in [3.05, 3.63) is 42.9 Å². The second kappa shape index (κ2) is 3.97. The van der Waals surface area contributed by atoms with Crippen molar-refractivity contribution in [2.45, 2.75) is 6.92 Å². The van der Waals surface area contributed by atoms with Gasteiger partial charge in [0.1, 0.15) is 11.3 Å². The van der Waals surface area contributed by atoms with Crippen LogP contribution < -0.4 is 5.32 Å². The van der Waals surface area contributed by atoms with Crippen LogP contribution in [0.25, 0.3) is 17.1 Å². The molecule has 0 bridgehead atoms. The number of pyridine rings is 1. The van der Waals surface area contributed by atoms with Crippen molar-refractivity contribution in [1.82, 2.24) is 9.38 Å². The van der Waals surface area contributed by atoms with Crippen molar-refractivity contribution in [3.63, 3.8) is 0 Å². The van der Waals surface area contributed by atoms with Crippen molar-refractivity contribution < 1.29 is 4.42 Å². The highest BCUT2D eigenvalue weighted by Gasteiger charge is 2.06. The van der Waals surface area contributed by atoms with Crippen molar-refractivity contribution in [1.29, 1.82) is 0 Å². The van der Waals surface area contributed by atoms with Crippen LogP contribution >= 0.6 is 0 Å². The Labute approximate surface area is 98.9 Å². The summed E-state index contributed by atoms with van der Waals surface area (Å²) in [5.74, 6) is 0.790. The van der Waals surface area contributed by atoms with Crippen LogP contribution in [0.4, 0.5) is 5.69 Å². The fourth-order valence-corrected chi connectivity index (χ4v) is 1.84. The summed E-state index contributed by atoms with van der Waals surface area (Å²) in [6.45, 7) is 2.98. The zero-order chi connectivity index (χ0) is 11.7. The Morgan fingerprint density at radius 1 is 1.29 bits per heavy atom. The molecule has 0 radical (unpaired) electrons. The molecule has 0 unspecified atom stereocenters. The molecule has 0 aliphatic carbocycles. The molecule has 86 valence electrons. The van der Waals surface area contributed by atoms with E-state index in [-0.39, 0.29) is 0 Å². The summed E-state index contributed by atoms with van der Waals surface area (Å²) < 4.78 is 7.33. The number of nitrogens with zero attached hydrogens (tertiary/aromatic N) is 2. The molecule has 3 aromatic heterocycles. The second-order valence-corrected chi connectivity index (χ2v) is 3.82. The molecule has 0 saturated heterocycles. The smallest absolute Gasteiger partial charge is 0.153 e. The van der Waals surface area contributed by atoms with Crippen LogP contribution in [0.2, 0.25) is 0 Å². The lowest BCUT2D eigenvalue weighted by molar-refractivity contribution is 0.580. The molecule has 4 nitrogen and oxygen atoms in total. The van der Waals surface area contributed by atoms with Gasteiger partial charge in [0.15, 0.2) is 5.76 Å². The van der Waals surface area contributed by atoms with Gasteiger partial charge in [-0.05, 0) is 31.2 Å². The second-order valence-electron chi connectivity index (χ2n) is 3.82. The molecule has 0 aliphatic rings. The number of fused-ring (bicyclic) bond motifs is 1. The first kappa shape index (κ1) is 9.96. The molecule has 0 amide bonds. The average Bonchev–Trinajstić information content (AvgIpc) is 2.97. The van der Waals surface area contributed by atoms with E-state index >= 15 is 0 Å². The van der Waals surface area contributed by atoms with E-state index in [9.17, 15) is 0 Å². The van der Waals surface area contributed by atoms with Crippen LogP contribution in [0.5, 0.6) is 0 Å². The van der Waals surface area contributed by atoms with E-state index in [1.54, 1.807) is 6.26 Å². The molecule has 3 aromatic rings. The topological polar surface area (TPSA) is 42.5 Å². The zero-order valence-electron chi connectivity index (χ0n) is 9.55. The van der Waals surface area contributed by atoms with Crippen molar-refractivity contribution in [3.8, 4) is 11.5 Å². The van der Waals surface area contributed by atoms with Gasteiger partial charge in [-0.15, -0.1) is 0 Å². The number of rotatable bonds is 3. The maximum absolute atomic E-state index is 5.34. The summed E-state index contributed by atoms with van der Waals surface area (Å²) >= 11 is 0. The number of imidazole rings is 1. The molecule has 0 spiro atoms. The molecule has 3 heterocycles. The standard InChI is InChI=1S/C13H13N3O/c1-2-14-10-5-6-13-15-11(9-16(13)8-10)12-4-3-7-17-12/h3-9,14H,2H2,1H3. The Bertz CT molecular complexity index is 625. The minimum Gasteiger partial charge on any atom is -0.463 e. The Balaban J connectivity index is 2.07. The number of hydrogen-bond acceptors (Lipinski definition) is 3. The minimum atomic E-state index is 0.790. The number of aromatic nitrogens is 2. The minimum absolute atomic E-state index is 0.790. The molecule has 0 fully saturated rings. The summed E-state index contributed by atoms with van der Waals surface area (Å²) in [6.07, 6.45) is 5.65. The van der Waals surface area contributed by atoms with E-state index in [1.165, 1.54) is 0 Å². The van der Waals surface area contributed by atoms with E-state index in [4.69, 9.17) is 4.42 Å². The number of anilines is 1. The van der Waals surface area contributed by atoms with Crippen LogP contribution in [0.3, 0.4) is 0 Å². The molecular weight excluding hydrogens is 214 g/mol. The molecule has 0 aliphatic heterocycles. The average molecular weight is 227 g/mol. The third-order valence-electron chi connectivity index (χ3n) is 2.61. The Morgan fingerprint density at radius 3 is 3.00 bits per heavy atom. The van der Waals surface area contributed by atoms with Crippen LogP contribution in [-0.2, 0) is 0 Å². The van der Waals surface area contributed by atoms with Gasteiger partial charge in [-0.1, -0.05) is 0 Å². The predicted octanol–water partition coefficient (Wildman–Crippen LogP) is 3.03. The summed E-state index contributed by atoms with van der Waals surface area (Å²) in [6, 6.07) is 7.79. The molecule has 17 heavy (non-hydrogen) atoms. The van der Waals surface area contributed by atoms with Crippen LogP contribution in [0, 0.1) is 0 Å². The zero-order valence-corrected chi connectivity index (χ0v) is 9.55. The van der Waals surface area contributed by atoms with Gasteiger partial charge in [-0.3, -0.25) is 0 Å². The molecule has 0 atom stereocenters. The summed E-state index contributed by atoms with van der Waals surface area (Å²) in [5.41, 5.74) is 2.85. The van der Waals surface area contributed by atoms with E-state index in [0.29, 0.717) is 0 Å². The van der Waals surface area contributed by atoms with E-state index in [0.717, 1.165) is 29.3 Å². The first-order valence-electron chi connectivity index (χ1n) is 5.63. The predicted molar refractivity (Wildman–Crippen MR) is 67.1 cm³/mol. The van der Waals surface area contributed by atoms with E-state index < -0.39 is 0 Å². The lowest BCUT2D eigenvalue weighted by atomic mass is 10.4. The van der Waals surface area contributed by atoms with Crippen LogP contribution in [0.15, 0.2) is 47.3 Å². The number of nitrogens with one attached hydrogen (secondary N) is 1. The normalized spacial score (nSPS) is 10.9. The van der Waals surface area contributed by atoms with Gasteiger partial charge < -0.3 is 14.1 Å². The third kappa shape index (κ3) is 1.78. The molecule has 0 saturated carbocycles. The monoisotopic (exact) mass is 227 g/mol. The van der Waals surface area contributed by atoms with Gasteiger partial charge >= 0.3 is 0 Å². The highest BCUT2D eigenvalue weighted by atomic mass is 16.3. The maximum atomic E-state index is 5.34. The molecular formula is C13H13N3O. The van der Waals surface area contributed by atoms with Gasteiger partial charge in [0.05, 0.1) is 12.0 Å². The molecule has 3 rings (SSSR count). The van der Waals surface area contributed by atoms with Crippen molar-refractivity contribution in [2.24, 2.45) is 0 Å². The molecule has 4 heteroatoms. The summed E-state index contributed by atoms with van der Waals surface area (Å²) in [7, 11) is 0. The summed E-state index contributed by atoms with van der Waals surface area (Å²) in [5, 5.41) is 3.27. The number of hydrogen-bond donors (Lipinski definition) is 1. The lowest BCUT2D eigenvalue weighted by Crippen LogP contribution is -1.97. The highest BCUT2D eigenvalue weighted by Crippen LogP contribution is 2.20. The maximum Gasteiger partial charge on any atom is 0.153 e. The first-order chi connectivity index (χ1) is 8.36. The van der Waals surface area contributed by atoms with Gasteiger partial charge in [-0.2, -0.15) is 0 Å². The Morgan fingerprint density at radius 2 is 2.24 bits per heavy atom. The fourth-order valence-electron chi connectivity index (χ4n) is 1.84. The van der Waals surface area contributed by atoms with Crippen molar-refractivity contribution in [2.75, 3.05) is 11.9 Å². The Hall–Kier alpha value is -2.23.